The lowest BCUT2D eigenvalue weighted by Gasteiger charge is -2.13. The summed E-state index contributed by atoms with van der Waals surface area (Å²) in [4.78, 5) is 0. The first kappa shape index (κ1) is 13.3. The van der Waals surface area contributed by atoms with Gasteiger partial charge in [-0.25, -0.2) is 0 Å². The van der Waals surface area contributed by atoms with Crippen molar-refractivity contribution in [3.05, 3.63) is 28.2 Å². The molecule has 0 aromatic heterocycles. The standard InChI is InChI=1S/C10H11BrF3NO/c11-8-1-2-9(7(5-8)3-4-15)16-6-10(12,13)14/h1-2,5H,3-4,6,15H2. The largest absolute Gasteiger partial charge is 0.484 e. The molecule has 1 aromatic rings. The maximum Gasteiger partial charge on any atom is 0.422 e. The zero-order valence-electron chi connectivity index (χ0n) is 8.35. The Labute approximate surface area is 99.7 Å². The summed E-state index contributed by atoms with van der Waals surface area (Å²) < 4.78 is 41.4. The highest BCUT2D eigenvalue weighted by atomic mass is 79.9. The second kappa shape index (κ2) is 5.54. The first-order valence-electron chi connectivity index (χ1n) is 4.60. The predicted octanol–water partition coefficient (Wildman–Crippen LogP) is 2.89. The molecule has 2 nitrogen and oxygen atoms in total. The first-order valence-corrected chi connectivity index (χ1v) is 5.40. The van der Waals surface area contributed by atoms with E-state index >= 15 is 0 Å². The average Bonchev–Trinajstić information content (AvgIpc) is 2.15. The van der Waals surface area contributed by atoms with Gasteiger partial charge in [-0.1, -0.05) is 15.9 Å². The maximum absolute atomic E-state index is 12.0. The van der Waals surface area contributed by atoms with E-state index in [1.54, 1.807) is 12.1 Å². The van der Waals surface area contributed by atoms with Crippen molar-refractivity contribution in [2.24, 2.45) is 5.73 Å². The van der Waals surface area contributed by atoms with Crippen LogP contribution >= 0.6 is 15.9 Å². The van der Waals surface area contributed by atoms with E-state index in [2.05, 4.69) is 15.9 Å². The van der Waals surface area contributed by atoms with Gasteiger partial charge in [-0.3, -0.25) is 0 Å². The number of nitrogens with two attached hydrogens (primary N) is 1. The minimum absolute atomic E-state index is 0.228. The Morgan fingerprint density at radius 2 is 2.00 bits per heavy atom. The van der Waals surface area contributed by atoms with Crippen LogP contribution in [0.3, 0.4) is 0 Å². The lowest BCUT2D eigenvalue weighted by molar-refractivity contribution is -0.153. The summed E-state index contributed by atoms with van der Waals surface area (Å²) in [5.41, 5.74) is 6.04. The van der Waals surface area contributed by atoms with E-state index in [-0.39, 0.29) is 5.75 Å². The molecule has 0 atom stereocenters. The van der Waals surface area contributed by atoms with E-state index in [1.165, 1.54) is 6.07 Å². The molecule has 0 bridgehead atoms. The SMILES string of the molecule is NCCc1cc(Br)ccc1OCC(F)(F)F. The van der Waals surface area contributed by atoms with Crippen molar-refractivity contribution < 1.29 is 17.9 Å². The van der Waals surface area contributed by atoms with Crippen molar-refractivity contribution in [2.75, 3.05) is 13.2 Å². The Balaban J connectivity index is 2.78. The smallest absolute Gasteiger partial charge is 0.422 e. The van der Waals surface area contributed by atoms with Gasteiger partial charge >= 0.3 is 6.18 Å². The molecular weight excluding hydrogens is 287 g/mol. The summed E-state index contributed by atoms with van der Waals surface area (Å²) in [6.45, 7) is -0.926. The van der Waals surface area contributed by atoms with Gasteiger partial charge in [0.05, 0.1) is 0 Å². The van der Waals surface area contributed by atoms with Crippen molar-refractivity contribution in [3.8, 4) is 5.75 Å². The normalized spacial score (nSPS) is 11.6. The average molecular weight is 298 g/mol. The Morgan fingerprint density at radius 1 is 1.31 bits per heavy atom. The van der Waals surface area contributed by atoms with E-state index in [9.17, 15) is 13.2 Å². The van der Waals surface area contributed by atoms with Crippen LogP contribution in [0.5, 0.6) is 5.75 Å². The molecule has 1 rings (SSSR count). The zero-order valence-corrected chi connectivity index (χ0v) is 9.94. The quantitative estimate of drug-likeness (QED) is 0.927. The number of hydrogen-bond donors (Lipinski definition) is 1. The van der Waals surface area contributed by atoms with E-state index < -0.39 is 12.8 Å². The highest BCUT2D eigenvalue weighted by molar-refractivity contribution is 9.10. The third-order valence-electron chi connectivity index (χ3n) is 1.83. The molecule has 1 aromatic carbocycles. The molecular formula is C10H11BrF3NO. The van der Waals surface area contributed by atoms with Crippen molar-refractivity contribution in [3.63, 3.8) is 0 Å². The van der Waals surface area contributed by atoms with Gasteiger partial charge in [0.1, 0.15) is 5.75 Å². The zero-order chi connectivity index (χ0) is 12.2. The van der Waals surface area contributed by atoms with Crippen LogP contribution < -0.4 is 10.5 Å². The predicted molar refractivity (Wildman–Crippen MR) is 58.5 cm³/mol. The molecule has 2 N–H and O–H groups in total. The van der Waals surface area contributed by atoms with E-state index in [4.69, 9.17) is 10.5 Å². The second-order valence-electron chi connectivity index (χ2n) is 3.19. The van der Waals surface area contributed by atoms with Crippen LogP contribution in [0.25, 0.3) is 0 Å². The second-order valence-corrected chi connectivity index (χ2v) is 4.11. The minimum atomic E-state index is -4.33. The molecule has 0 amide bonds. The van der Waals surface area contributed by atoms with Crippen LogP contribution in [0, 0.1) is 0 Å². The van der Waals surface area contributed by atoms with Crippen molar-refractivity contribution in [1.82, 2.24) is 0 Å². The van der Waals surface area contributed by atoms with Crippen molar-refractivity contribution in [2.45, 2.75) is 12.6 Å². The topological polar surface area (TPSA) is 35.2 Å². The van der Waals surface area contributed by atoms with Gasteiger partial charge in [0, 0.05) is 4.47 Å². The number of alkyl halides is 3. The summed E-state index contributed by atoms with van der Waals surface area (Å²) >= 11 is 3.24. The fourth-order valence-corrected chi connectivity index (χ4v) is 1.61. The number of ether oxygens (including phenoxy) is 1. The monoisotopic (exact) mass is 297 g/mol. The van der Waals surface area contributed by atoms with Gasteiger partial charge in [-0.2, -0.15) is 13.2 Å². The van der Waals surface area contributed by atoms with Crippen LogP contribution in [-0.4, -0.2) is 19.3 Å². The highest BCUT2D eigenvalue weighted by Gasteiger charge is 2.28. The Kier molecular flexibility index (Phi) is 4.61. The molecule has 0 aliphatic carbocycles. The Morgan fingerprint density at radius 3 is 2.56 bits per heavy atom. The van der Waals surface area contributed by atoms with Gasteiger partial charge in [0.25, 0.3) is 0 Å². The maximum atomic E-state index is 12.0. The van der Waals surface area contributed by atoms with Gasteiger partial charge in [-0.15, -0.1) is 0 Å². The van der Waals surface area contributed by atoms with E-state index in [0.717, 1.165) is 4.47 Å². The van der Waals surface area contributed by atoms with Gasteiger partial charge in [-0.05, 0) is 36.7 Å². The molecule has 0 unspecified atom stereocenters. The number of hydrogen-bond acceptors (Lipinski definition) is 2. The first-order chi connectivity index (χ1) is 7.42. The van der Waals surface area contributed by atoms with Crippen LogP contribution in [0.4, 0.5) is 13.2 Å². The van der Waals surface area contributed by atoms with Crippen LogP contribution in [0.15, 0.2) is 22.7 Å². The fraction of sp³-hybridized carbons (Fsp3) is 0.400. The molecule has 16 heavy (non-hydrogen) atoms. The Bertz CT molecular complexity index is 354. The summed E-state index contributed by atoms with van der Waals surface area (Å²) in [6.07, 6.45) is -3.85. The Hall–Kier alpha value is -0.750. The van der Waals surface area contributed by atoms with Gasteiger partial charge < -0.3 is 10.5 Å². The number of benzene rings is 1. The van der Waals surface area contributed by atoms with Gasteiger partial charge in [0.2, 0.25) is 0 Å². The van der Waals surface area contributed by atoms with Crippen molar-refractivity contribution in [1.29, 1.82) is 0 Å². The molecule has 0 saturated heterocycles. The van der Waals surface area contributed by atoms with Crippen LogP contribution in [0.1, 0.15) is 5.56 Å². The number of halogens is 4. The molecule has 0 saturated carbocycles. The molecule has 0 radical (unpaired) electrons. The molecule has 0 fully saturated rings. The summed E-state index contributed by atoms with van der Waals surface area (Å²) in [5, 5.41) is 0. The molecule has 0 spiro atoms. The fourth-order valence-electron chi connectivity index (χ4n) is 1.20. The highest BCUT2D eigenvalue weighted by Crippen LogP contribution is 2.25. The van der Waals surface area contributed by atoms with Gasteiger partial charge in [0.15, 0.2) is 6.61 Å². The molecule has 0 aliphatic heterocycles. The minimum Gasteiger partial charge on any atom is -0.484 e. The molecule has 0 aliphatic rings. The lowest BCUT2D eigenvalue weighted by atomic mass is 10.1. The summed E-state index contributed by atoms with van der Waals surface area (Å²) in [6, 6.07) is 4.84. The summed E-state index contributed by atoms with van der Waals surface area (Å²) in [7, 11) is 0. The molecule has 90 valence electrons. The van der Waals surface area contributed by atoms with Crippen LogP contribution in [-0.2, 0) is 6.42 Å². The molecule has 0 heterocycles. The molecule has 6 heteroatoms. The number of rotatable bonds is 4. The van der Waals surface area contributed by atoms with Crippen LogP contribution in [0.2, 0.25) is 0 Å². The third kappa shape index (κ3) is 4.40. The lowest BCUT2D eigenvalue weighted by Crippen LogP contribution is -2.20. The van der Waals surface area contributed by atoms with Crippen molar-refractivity contribution >= 4 is 15.9 Å². The summed E-state index contributed by atoms with van der Waals surface area (Å²) in [5.74, 6) is 0.228. The van der Waals surface area contributed by atoms with E-state index in [1.807, 2.05) is 0 Å². The third-order valence-corrected chi connectivity index (χ3v) is 2.32. The van der Waals surface area contributed by atoms with E-state index in [0.29, 0.717) is 18.5 Å².